The highest BCUT2D eigenvalue weighted by molar-refractivity contribution is 7.98. The molecule has 0 radical (unpaired) electrons. The fourth-order valence-electron chi connectivity index (χ4n) is 1.68. The van der Waals surface area contributed by atoms with E-state index in [1.165, 1.54) is 4.90 Å². The molecule has 3 N–H and O–H groups in total. The Morgan fingerprint density at radius 3 is 2.65 bits per heavy atom. The number of aryl methyl sites for hydroxylation is 1. The molecule has 2 aromatic rings. The summed E-state index contributed by atoms with van der Waals surface area (Å²) in [4.78, 5) is 1.25. The number of hydrogen-bond acceptors (Lipinski definition) is 3. The van der Waals surface area contributed by atoms with Crippen LogP contribution in [0.3, 0.4) is 0 Å². The van der Waals surface area contributed by atoms with Crippen LogP contribution in [-0.2, 0) is 0 Å². The Hall–Kier alpha value is -1.61. The van der Waals surface area contributed by atoms with Crippen LogP contribution in [0.15, 0.2) is 47.4 Å². The van der Waals surface area contributed by atoms with E-state index >= 15 is 0 Å². The van der Waals surface area contributed by atoms with Crippen molar-refractivity contribution in [2.24, 2.45) is 0 Å². The highest BCUT2D eigenvalue weighted by atomic mass is 32.2. The maximum Gasteiger partial charge on any atom is 0.0415 e. The summed E-state index contributed by atoms with van der Waals surface area (Å²) in [5.41, 5.74) is 9.88. The second-order valence-electron chi connectivity index (χ2n) is 3.93. The normalized spacial score (nSPS) is 10.2. The van der Waals surface area contributed by atoms with Crippen molar-refractivity contribution >= 4 is 28.8 Å². The fraction of sp³-hybridized carbons (Fsp3) is 0.143. The zero-order valence-electron chi connectivity index (χ0n) is 10.0. The predicted octanol–water partition coefficient (Wildman–Crippen LogP) is 4.04. The summed E-state index contributed by atoms with van der Waals surface area (Å²) in [5.74, 6) is 0. The SMILES string of the molecule is CSc1cccc(Nc2ccc(N)cc2C)c1. The van der Waals surface area contributed by atoms with Crippen molar-refractivity contribution in [3.63, 3.8) is 0 Å². The molecule has 2 nitrogen and oxygen atoms in total. The molecule has 0 heterocycles. The first-order valence-corrected chi connectivity index (χ1v) is 6.69. The Balaban J connectivity index is 2.25. The Morgan fingerprint density at radius 2 is 1.94 bits per heavy atom. The van der Waals surface area contributed by atoms with E-state index in [0.717, 1.165) is 22.6 Å². The largest absolute Gasteiger partial charge is 0.399 e. The molecule has 0 saturated heterocycles. The number of nitrogens with two attached hydrogens (primary N) is 1. The van der Waals surface area contributed by atoms with E-state index in [1.54, 1.807) is 11.8 Å². The van der Waals surface area contributed by atoms with Gasteiger partial charge in [-0.1, -0.05) is 6.07 Å². The number of thioether (sulfide) groups is 1. The van der Waals surface area contributed by atoms with Crippen LogP contribution in [0.5, 0.6) is 0 Å². The lowest BCUT2D eigenvalue weighted by atomic mass is 10.1. The van der Waals surface area contributed by atoms with Crippen LogP contribution >= 0.6 is 11.8 Å². The number of nitrogens with one attached hydrogen (secondary N) is 1. The monoisotopic (exact) mass is 244 g/mol. The quantitative estimate of drug-likeness (QED) is 0.632. The van der Waals surface area contributed by atoms with Crippen LogP contribution in [0.25, 0.3) is 0 Å². The molecule has 0 saturated carbocycles. The number of anilines is 3. The molecule has 0 aliphatic carbocycles. The van der Waals surface area contributed by atoms with Crippen molar-refractivity contribution < 1.29 is 0 Å². The van der Waals surface area contributed by atoms with Gasteiger partial charge in [0.25, 0.3) is 0 Å². The summed E-state index contributed by atoms with van der Waals surface area (Å²) in [6, 6.07) is 14.3. The summed E-state index contributed by atoms with van der Waals surface area (Å²) < 4.78 is 0. The maximum atomic E-state index is 5.74. The van der Waals surface area contributed by atoms with Gasteiger partial charge in [-0.05, 0) is 55.1 Å². The van der Waals surface area contributed by atoms with Gasteiger partial charge in [-0.25, -0.2) is 0 Å². The van der Waals surface area contributed by atoms with Crippen molar-refractivity contribution in [1.82, 2.24) is 0 Å². The fourth-order valence-corrected chi connectivity index (χ4v) is 2.14. The molecule has 0 fully saturated rings. The molecule has 0 aromatic heterocycles. The van der Waals surface area contributed by atoms with Gasteiger partial charge < -0.3 is 11.1 Å². The average molecular weight is 244 g/mol. The summed E-state index contributed by atoms with van der Waals surface area (Å²) in [5, 5.41) is 3.41. The third kappa shape index (κ3) is 2.94. The van der Waals surface area contributed by atoms with Crippen LogP contribution in [0.1, 0.15) is 5.56 Å². The van der Waals surface area contributed by atoms with Gasteiger partial charge in [-0.2, -0.15) is 0 Å². The summed E-state index contributed by atoms with van der Waals surface area (Å²) >= 11 is 1.74. The molecule has 0 bridgehead atoms. The van der Waals surface area contributed by atoms with E-state index in [9.17, 15) is 0 Å². The van der Waals surface area contributed by atoms with E-state index in [0.29, 0.717) is 0 Å². The first kappa shape index (κ1) is 11.9. The molecular formula is C14H16N2S. The second-order valence-corrected chi connectivity index (χ2v) is 4.81. The molecule has 3 heteroatoms. The minimum absolute atomic E-state index is 0.797. The molecule has 0 unspecified atom stereocenters. The van der Waals surface area contributed by atoms with Crippen molar-refractivity contribution in [2.75, 3.05) is 17.3 Å². The lowest BCUT2D eigenvalue weighted by Gasteiger charge is -2.10. The van der Waals surface area contributed by atoms with Crippen LogP contribution in [0, 0.1) is 6.92 Å². The second kappa shape index (κ2) is 5.15. The van der Waals surface area contributed by atoms with E-state index in [1.807, 2.05) is 18.2 Å². The maximum absolute atomic E-state index is 5.74. The first-order valence-electron chi connectivity index (χ1n) is 5.46. The number of hydrogen-bond donors (Lipinski definition) is 2. The minimum Gasteiger partial charge on any atom is -0.399 e. The van der Waals surface area contributed by atoms with E-state index in [-0.39, 0.29) is 0 Å². The van der Waals surface area contributed by atoms with Crippen molar-refractivity contribution in [3.8, 4) is 0 Å². The zero-order valence-corrected chi connectivity index (χ0v) is 10.8. The van der Waals surface area contributed by atoms with Gasteiger partial charge in [0.2, 0.25) is 0 Å². The van der Waals surface area contributed by atoms with Gasteiger partial charge in [-0.15, -0.1) is 11.8 Å². The Kier molecular flexibility index (Phi) is 3.59. The smallest absolute Gasteiger partial charge is 0.0415 e. The lowest BCUT2D eigenvalue weighted by Crippen LogP contribution is -1.94. The van der Waals surface area contributed by atoms with Crippen LogP contribution in [0.2, 0.25) is 0 Å². The number of rotatable bonds is 3. The van der Waals surface area contributed by atoms with Crippen molar-refractivity contribution in [2.45, 2.75) is 11.8 Å². The van der Waals surface area contributed by atoms with Crippen molar-refractivity contribution in [3.05, 3.63) is 48.0 Å². The van der Waals surface area contributed by atoms with Crippen LogP contribution < -0.4 is 11.1 Å². The van der Waals surface area contributed by atoms with Gasteiger partial charge in [0, 0.05) is 22.0 Å². The highest BCUT2D eigenvalue weighted by Gasteiger charge is 2.00. The van der Waals surface area contributed by atoms with Gasteiger partial charge >= 0.3 is 0 Å². The average Bonchev–Trinajstić information content (AvgIpc) is 2.33. The third-order valence-electron chi connectivity index (χ3n) is 2.60. The van der Waals surface area contributed by atoms with Crippen LogP contribution in [0.4, 0.5) is 17.1 Å². The van der Waals surface area contributed by atoms with E-state index < -0.39 is 0 Å². The topological polar surface area (TPSA) is 38.0 Å². The molecule has 0 atom stereocenters. The van der Waals surface area contributed by atoms with Gasteiger partial charge in [0.1, 0.15) is 0 Å². The van der Waals surface area contributed by atoms with Gasteiger partial charge in [0.05, 0.1) is 0 Å². The van der Waals surface area contributed by atoms with Crippen molar-refractivity contribution in [1.29, 1.82) is 0 Å². The molecule has 0 aliphatic rings. The summed E-state index contributed by atoms with van der Waals surface area (Å²) in [6.07, 6.45) is 2.08. The molecule has 0 amide bonds. The molecule has 2 aromatic carbocycles. The molecule has 2 rings (SSSR count). The first-order chi connectivity index (χ1) is 8.19. The predicted molar refractivity (Wildman–Crippen MR) is 77.1 cm³/mol. The summed E-state index contributed by atoms with van der Waals surface area (Å²) in [7, 11) is 0. The molecule has 88 valence electrons. The molecular weight excluding hydrogens is 228 g/mol. The standard InChI is InChI=1S/C14H16N2S/c1-10-8-11(15)6-7-14(10)16-12-4-3-5-13(9-12)17-2/h3-9,16H,15H2,1-2H3. The van der Waals surface area contributed by atoms with E-state index in [2.05, 4.69) is 42.8 Å². The lowest BCUT2D eigenvalue weighted by molar-refractivity contribution is 1.40. The van der Waals surface area contributed by atoms with Gasteiger partial charge in [0.15, 0.2) is 0 Å². The molecule has 0 spiro atoms. The minimum atomic E-state index is 0.797. The van der Waals surface area contributed by atoms with E-state index in [4.69, 9.17) is 5.73 Å². The Labute approximate surface area is 106 Å². The highest BCUT2D eigenvalue weighted by Crippen LogP contribution is 2.25. The summed E-state index contributed by atoms with van der Waals surface area (Å²) in [6.45, 7) is 2.05. The molecule has 17 heavy (non-hydrogen) atoms. The Morgan fingerprint density at radius 1 is 1.12 bits per heavy atom. The number of benzene rings is 2. The Bertz CT molecular complexity index is 523. The third-order valence-corrected chi connectivity index (χ3v) is 3.32. The molecule has 0 aliphatic heterocycles. The van der Waals surface area contributed by atoms with Crippen LogP contribution in [-0.4, -0.2) is 6.26 Å². The number of nitrogen functional groups attached to an aromatic ring is 1. The zero-order chi connectivity index (χ0) is 12.3. The van der Waals surface area contributed by atoms with Gasteiger partial charge in [-0.3, -0.25) is 0 Å².